The Morgan fingerprint density at radius 3 is 2.62 bits per heavy atom. The van der Waals surface area contributed by atoms with Gasteiger partial charge in [-0.2, -0.15) is 0 Å². The summed E-state index contributed by atoms with van der Waals surface area (Å²) in [5, 5.41) is 2.37. The summed E-state index contributed by atoms with van der Waals surface area (Å²) in [6.45, 7) is 0.557. The van der Waals surface area contributed by atoms with Crippen LogP contribution < -0.4 is 15.0 Å². The predicted octanol–water partition coefficient (Wildman–Crippen LogP) is 4.01. The number of hydrogen-bond donors (Lipinski definition) is 1. The highest BCUT2D eigenvalue weighted by atomic mass is 35.5. The van der Waals surface area contributed by atoms with E-state index in [-0.39, 0.29) is 16.5 Å². The number of anilines is 2. The van der Waals surface area contributed by atoms with Gasteiger partial charge in [0, 0.05) is 18.7 Å². The Morgan fingerprint density at radius 1 is 1.23 bits per heavy atom. The number of methoxy groups -OCH3 is 1. The van der Waals surface area contributed by atoms with E-state index >= 15 is 0 Å². The van der Waals surface area contributed by atoms with E-state index in [1.165, 1.54) is 7.11 Å². The second-order valence-corrected chi connectivity index (χ2v) is 6.14. The number of amides is 2. The van der Waals surface area contributed by atoms with Crippen LogP contribution in [-0.4, -0.2) is 25.5 Å². The molecule has 1 heterocycles. The summed E-state index contributed by atoms with van der Waals surface area (Å²) in [5.74, 6) is -2.54. The molecular weight excluding hydrogens is 366 g/mol. The van der Waals surface area contributed by atoms with Crippen LogP contribution in [0.4, 0.5) is 20.2 Å². The van der Waals surface area contributed by atoms with Crippen molar-refractivity contribution in [3.8, 4) is 5.75 Å². The topological polar surface area (TPSA) is 58.6 Å². The van der Waals surface area contributed by atoms with Gasteiger partial charge in [0.05, 0.1) is 23.4 Å². The van der Waals surface area contributed by atoms with Crippen molar-refractivity contribution in [1.82, 2.24) is 0 Å². The molecule has 0 bridgehead atoms. The van der Waals surface area contributed by atoms with Crippen molar-refractivity contribution < 1.29 is 23.1 Å². The summed E-state index contributed by atoms with van der Waals surface area (Å²) in [4.78, 5) is 25.9. The first-order valence-corrected chi connectivity index (χ1v) is 8.23. The van der Waals surface area contributed by atoms with Gasteiger partial charge in [0.2, 0.25) is 5.91 Å². The Bertz CT molecular complexity index is 889. The van der Waals surface area contributed by atoms with Crippen molar-refractivity contribution in [3.05, 3.63) is 52.6 Å². The first kappa shape index (κ1) is 18.1. The molecule has 26 heavy (non-hydrogen) atoms. The average Bonchev–Trinajstić information content (AvgIpc) is 3.03. The Balaban J connectivity index is 1.89. The van der Waals surface area contributed by atoms with Gasteiger partial charge in [0.25, 0.3) is 5.91 Å². The second-order valence-electron chi connectivity index (χ2n) is 5.74. The molecule has 0 unspecified atom stereocenters. The number of nitrogens with zero attached hydrogens (tertiary/aromatic N) is 1. The second kappa shape index (κ2) is 7.29. The number of carbonyl (C=O) groups is 2. The quantitative estimate of drug-likeness (QED) is 0.815. The molecule has 1 fully saturated rings. The Labute approximate surface area is 153 Å². The summed E-state index contributed by atoms with van der Waals surface area (Å²) in [6, 6.07) is 6.27. The Hall–Kier alpha value is -2.67. The molecule has 5 nitrogen and oxygen atoms in total. The highest BCUT2D eigenvalue weighted by molar-refractivity contribution is 6.34. The minimum absolute atomic E-state index is 0.0320. The smallest absolute Gasteiger partial charge is 0.257 e. The van der Waals surface area contributed by atoms with Crippen LogP contribution in [0.25, 0.3) is 0 Å². The lowest BCUT2D eigenvalue weighted by atomic mass is 10.1. The maximum absolute atomic E-state index is 13.4. The number of carbonyl (C=O) groups excluding carboxylic acids is 2. The SMILES string of the molecule is COc1ccc(NC(=O)c2cc(F)c(F)cc2Cl)cc1N1CCCC1=O. The summed E-state index contributed by atoms with van der Waals surface area (Å²) in [5.41, 5.74) is 0.704. The molecule has 0 radical (unpaired) electrons. The van der Waals surface area contributed by atoms with E-state index in [1.807, 2.05) is 0 Å². The van der Waals surface area contributed by atoms with Gasteiger partial charge in [-0.3, -0.25) is 9.59 Å². The standard InChI is InChI=1S/C18H15ClF2N2O3/c1-26-16-5-4-10(7-15(16)23-6-2-3-17(23)24)22-18(25)11-8-13(20)14(21)9-12(11)19/h4-5,7-9H,2-3,6H2,1H3,(H,22,25). The molecule has 136 valence electrons. The van der Waals surface area contributed by atoms with Gasteiger partial charge < -0.3 is 15.0 Å². The zero-order valence-corrected chi connectivity index (χ0v) is 14.6. The fourth-order valence-corrected chi connectivity index (χ4v) is 3.01. The maximum atomic E-state index is 13.4. The monoisotopic (exact) mass is 380 g/mol. The molecule has 0 aliphatic carbocycles. The average molecular weight is 381 g/mol. The molecule has 1 saturated heterocycles. The molecule has 0 aromatic heterocycles. The zero-order chi connectivity index (χ0) is 18.8. The molecule has 2 aromatic carbocycles. The normalized spacial score (nSPS) is 13.8. The third-order valence-corrected chi connectivity index (χ3v) is 4.37. The number of benzene rings is 2. The predicted molar refractivity (Wildman–Crippen MR) is 93.9 cm³/mol. The number of ether oxygens (including phenoxy) is 1. The molecule has 1 aliphatic rings. The van der Waals surface area contributed by atoms with Crippen LogP contribution in [0.15, 0.2) is 30.3 Å². The number of hydrogen-bond acceptors (Lipinski definition) is 3. The van der Waals surface area contributed by atoms with Crippen molar-refractivity contribution in [3.63, 3.8) is 0 Å². The van der Waals surface area contributed by atoms with Gasteiger partial charge in [-0.15, -0.1) is 0 Å². The summed E-state index contributed by atoms with van der Waals surface area (Å²) >= 11 is 5.82. The van der Waals surface area contributed by atoms with Crippen LogP contribution in [-0.2, 0) is 4.79 Å². The van der Waals surface area contributed by atoms with Crippen LogP contribution in [0.5, 0.6) is 5.75 Å². The molecule has 0 saturated carbocycles. The van der Waals surface area contributed by atoms with Gasteiger partial charge >= 0.3 is 0 Å². The number of rotatable bonds is 4. The molecule has 2 aromatic rings. The third-order valence-electron chi connectivity index (χ3n) is 4.06. The van der Waals surface area contributed by atoms with E-state index in [9.17, 15) is 18.4 Å². The summed E-state index contributed by atoms with van der Waals surface area (Å²) in [6.07, 6.45) is 1.19. The molecule has 0 atom stereocenters. The largest absolute Gasteiger partial charge is 0.495 e. The van der Waals surface area contributed by atoms with Crippen molar-refractivity contribution >= 4 is 34.8 Å². The number of halogens is 3. The molecule has 0 spiro atoms. The fourth-order valence-electron chi connectivity index (χ4n) is 2.78. The van der Waals surface area contributed by atoms with E-state index in [0.717, 1.165) is 18.6 Å². The third kappa shape index (κ3) is 3.48. The summed E-state index contributed by atoms with van der Waals surface area (Å²) < 4.78 is 31.8. The van der Waals surface area contributed by atoms with Crippen LogP contribution in [0.3, 0.4) is 0 Å². The van der Waals surface area contributed by atoms with Gasteiger partial charge in [0.15, 0.2) is 11.6 Å². The van der Waals surface area contributed by atoms with Gasteiger partial charge in [-0.1, -0.05) is 11.6 Å². The highest BCUT2D eigenvalue weighted by Crippen LogP contribution is 2.34. The van der Waals surface area contributed by atoms with Crippen LogP contribution >= 0.6 is 11.6 Å². The van der Waals surface area contributed by atoms with Gasteiger partial charge in [0.1, 0.15) is 5.75 Å². The van der Waals surface area contributed by atoms with E-state index in [1.54, 1.807) is 23.1 Å². The van der Waals surface area contributed by atoms with Crippen molar-refractivity contribution in [2.24, 2.45) is 0 Å². The zero-order valence-electron chi connectivity index (χ0n) is 13.8. The van der Waals surface area contributed by atoms with Crippen molar-refractivity contribution in [2.45, 2.75) is 12.8 Å². The molecule has 2 amide bonds. The maximum Gasteiger partial charge on any atom is 0.257 e. The Kier molecular flexibility index (Phi) is 5.08. The number of nitrogens with one attached hydrogen (secondary N) is 1. The van der Waals surface area contributed by atoms with E-state index < -0.39 is 17.5 Å². The minimum atomic E-state index is -1.17. The first-order chi connectivity index (χ1) is 12.4. The lowest BCUT2D eigenvalue weighted by Crippen LogP contribution is -2.24. The van der Waals surface area contributed by atoms with Crippen LogP contribution in [0, 0.1) is 11.6 Å². The molecule has 3 rings (SSSR count). The minimum Gasteiger partial charge on any atom is -0.495 e. The highest BCUT2D eigenvalue weighted by Gasteiger charge is 2.25. The van der Waals surface area contributed by atoms with E-state index in [0.29, 0.717) is 30.1 Å². The Morgan fingerprint density at radius 2 is 1.96 bits per heavy atom. The lowest BCUT2D eigenvalue weighted by Gasteiger charge is -2.20. The van der Waals surface area contributed by atoms with Crippen LogP contribution in [0.2, 0.25) is 5.02 Å². The van der Waals surface area contributed by atoms with Gasteiger partial charge in [-0.25, -0.2) is 8.78 Å². The van der Waals surface area contributed by atoms with Gasteiger partial charge in [-0.05, 0) is 36.8 Å². The first-order valence-electron chi connectivity index (χ1n) is 7.85. The van der Waals surface area contributed by atoms with E-state index in [2.05, 4.69) is 5.32 Å². The molecule has 8 heteroatoms. The van der Waals surface area contributed by atoms with E-state index in [4.69, 9.17) is 16.3 Å². The fraction of sp³-hybridized carbons (Fsp3) is 0.222. The van der Waals surface area contributed by atoms with Crippen LogP contribution in [0.1, 0.15) is 23.2 Å². The lowest BCUT2D eigenvalue weighted by molar-refractivity contribution is -0.117. The molecular formula is C18H15ClF2N2O3. The molecule has 1 aliphatic heterocycles. The summed E-state index contributed by atoms with van der Waals surface area (Å²) in [7, 11) is 1.48. The van der Waals surface area contributed by atoms with Crippen molar-refractivity contribution in [2.75, 3.05) is 23.9 Å². The van der Waals surface area contributed by atoms with Crippen molar-refractivity contribution in [1.29, 1.82) is 0 Å². The molecule has 1 N–H and O–H groups in total.